The number of ether oxygens (including phenoxy) is 2. The van der Waals surface area contributed by atoms with Gasteiger partial charge in [-0.15, -0.1) is 0 Å². The highest BCUT2D eigenvalue weighted by Crippen LogP contribution is 2.60. The Kier molecular flexibility index (Phi) is 5.79. The monoisotopic (exact) mass is 520 g/mol. The van der Waals surface area contributed by atoms with Gasteiger partial charge in [-0.1, -0.05) is 23.7 Å². The second kappa shape index (κ2) is 8.91. The maximum absolute atomic E-state index is 13.4. The van der Waals surface area contributed by atoms with Gasteiger partial charge < -0.3 is 9.47 Å². The Balaban J connectivity index is 1.30. The number of methoxy groups -OCH3 is 2. The molecule has 7 nitrogen and oxygen atoms in total. The summed E-state index contributed by atoms with van der Waals surface area (Å²) in [7, 11) is 2.94. The number of barbiturate groups is 1. The smallest absolute Gasteiger partial charge is 0.335 e. The Labute approximate surface area is 220 Å². The lowest BCUT2D eigenvalue weighted by Crippen LogP contribution is -2.54. The molecule has 0 radical (unpaired) electrons. The molecular formula is C29H29ClN2O5. The summed E-state index contributed by atoms with van der Waals surface area (Å²) in [5, 5.41) is 2.56. The molecule has 1 N–H and O–H groups in total. The van der Waals surface area contributed by atoms with Crippen LogP contribution in [0, 0.1) is 17.8 Å². The molecule has 192 valence electrons. The van der Waals surface area contributed by atoms with Gasteiger partial charge in [0.05, 0.1) is 24.9 Å². The van der Waals surface area contributed by atoms with E-state index in [2.05, 4.69) is 17.4 Å². The number of nitrogens with one attached hydrogen (secondary N) is 1. The Hall–Kier alpha value is -3.32. The van der Waals surface area contributed by atoms with E-state index < -0.39 is 17.8 Å². The fourth-order valence-electron chi connectivity index (χ4n) is 7.51. The lowest BCUT2D eigenvalue weighted by atomic mass is 9.48. The first-order chi connectivity index (χ1) is 17.8. The van der Waals surface area contributed by atoms with Gasteiger partial charge in [-0.3, -0.25) is 14.9 Å². The summed E-state index contributed by atoms with van der Waals surface area (Å²) in [4.78, 5) is 39.8. The van der Waals surface area contributed by atoms with Gasteiger partial charge in [0, 0.05) is 0 Å². The molecule has 5 fully saturated rings. The number of hydrogen-bond donors (Lipinski definition) is 1. The van der Waals surface area contributed by atoms with Crippen LogP contribution in [0.15, 0.2) is 42.0 Å². The van der Waals surface area contributed by atoms with E-state index in [1.54, 1.807) is 12.1 Å². The number of rotatable bonds is 5. The number of amides is 4. The number of hydrogen-bond acceptors (Lipinski definition) is 5. The average Bonchev–Trinajstić information content (AvgIpc) is 2.85. The van der Waals surface area contributed by atoms with Crippen LogP contribution in [-0.2, 0) is 15.0 Å². The molecule has 2 aromatic rings. The molecule has 0 spiro atoms. The quantitative estimate of drug-likeness (QED) is 0.416. The van der Waals surface area contributed by atoms with Crippen molar-refractivity contribution in [3.05, 3.63) is 58.1 Å². The van der Waals surface area contributed by atoms with Crippen LogP contribution in [0.3, 0.4) is 0 Å². The van der Waals surface area contributed by atoms with Crippen molar-refractivity contribution in [3.8, 4) is 11.5 Å². The van der Waals surface area contributed by atoms with E-state index in [0.29, 0.717) is 22.7 Å². The number of imide groups is 2. The number of carbonyl (C=O) groups is 3. The third-order valence-electron chi connectivity index (χ3n) is 8.64. The first-order valence-corrected chi connectivity index (χ1v) is 13.1. The predicted octanol–water partition coefficient (Wildman–Crippen LogP) is 5.49. The van der Waals surface area contributed by atoms with E-state index in [0.717, 1.165) is 22.7 Å². The molecule has 0 aromatic heterocycles. The summed E-state index contributed by atoms with van der Waals surface area (Å²) in [5.41, 5.74) is 2.24. The highest BCUT2D eigenvalue weighted by molar-refractivity contribution is 6.39. The van der Waals surface area contributed by atoms with Crippen LogP contribution in [0.1, 0.15) is 49.7 Å². The van der Waals surface area contributed by atoms with Gasteiger partial charge in [-0.05, 0) is 103 Å². The van der Waals surface area contributed by atoms with Crippen molar-refractivity contribution in [1.82, 2.24) is 5.32 Å². The number of nitrogens with zero attached hydrogens (tertiary/aromatic N) is 1. The van der Waals surface area contributed by atoms with Gasteiger partial charge >= 0.3 is 6.03 Å². The Bertz CT molecular complexity index is 1300. The van der Waals surface area contributed by atoms with Crippen LogP contribution in [-0.4, -0.2) is 32.1 Å². The summed E-state index contributed by atoms with van der Waals surface area (Å²) in [6.07, 6.45) is 9.20. The fraction of sp³-hybridized carbons (Fsp3) is 0.414. The minimum atomic E-state index is -0.764. The molecule has 5 aliphatic rings. The number of anilines is 1. The van der Waals surface area contributed by atoms with E-state index >= 15 is 0 Å². The first-order valence-electron chi connectivity index (χ1n) is 12.7. The second-order valence-electron chi connectivity index (χ2n) is 10.9. The molecule has 2 aromatic carbocycles. The van der Waals surface area contributed by atoms with Gasteiger partial charge in [-0.2, -0.15) is 0 Å². The van der Waals surface area contributed by atoms with Crippen molar-refractivity contribution < 1.29 is 23.9 Å². The molecular weight excluding hydrogens is 492 g/mol. The Morgan fingerprint density at radius 3 is 2.14 bits per heavy atom. The van der Waals surface area contributed by atoms with Crippen LogP contribution in [0.4, 0.5) is 10.5 Å². The number of urea groups is 1. The van der Waals surface area contributed by atoms with E-state index in [4.69, 9.17) is 21.1 Å². The SMILES string of the molecule is COc1cc(/C=C2\C(=O)NC(=O)N(c3ccc(C45CC6CC(CC(C6)C4)C5)cc3)C2=O)cc(Cl)c1OC. The van der Waals surface area contributed by atoms with Gasteiger partial charge in [0.1, 0.15) is 5.57 Å². The zero-order chi connectivity index (χ0) is 25.9. The van der Waals surface area contributed by atoms with E-state index in [-0.39, 0.29) is 16.0 Å². The molecule has 0 atom stereocenters. The van der Waals surface area contributed by atoms with Crippen molar-refractivity contribution in [2.45, 2.75) is 43.9 Å². The molecule has 4 bridgehead atoms. The molecule has 0 unspecified atom stereocenters. The third-order valence-corrected chi connectivity index (χ3v) is 8.93. The van der Waals surface area contributed by atoms with Gasteiger partial charge in [0.2, 0.25) is 0 Å². The van der Waals surface area contributed by atoms with Crippen LogP contribution >= 0.6 is 11.6 Å². The zero-order valence-corrected chi connectivity index (χ0v) is 21.6. The number of carbonyl (C=O) groups excluding carboxylic acids is 3. The topological polar surface area (TPSA) is 84.9 Å². The highest BCUT2D eigenvalue weighted by Gasteiger charge is 2.51. The lowest BCUT2D eigenvalue weighted by molar-refractivity contribution is -0.122. The third kappa shape index (κ3) is 4.00. The lowest BCUT2D eigenvalue weighted by Gasteiger charge is -2.57. The van der Waals surface area contributed by atoms with Gasteiger partial charge in [0.15, 0.2) is 11.5 Å². The minimum absolute atomic E-state index is 0.173. The first kappa shape index (κ1) is 24.0. The Morgan fingerprint density at radius 1 is 0.946 bits per heavy atom. The average molecular weight is 521 g/mol. The van der Waals surface area contributed by atoms with Crippen molar-refractivity contribution in [3.63, 3.8) is 0 Å². The van der Waals surface area contributed by atoms with E-state index in [9.17, 15) is 14.4 Å². The zero-order valence-electron chi connectivity index (χ0n) is 20.9. The molecule has 4 amide bonds. The van der Waals surface area contributed by atoms with Crippen molar-refractivity contribution >= 4 is 41.2 Å². The molecule has 1 saturated heterocycles. The van der Waals surface area contributed by atoms with Crippen LogP contribution in [0.5, 0.6) is 11.5 Å². The normalized spacial score (nSPS) is 29.6. The number of halogens is 1. The molecule has 4 aliphatic carbocycles. The molecule has 7 rings (SSSR count). The van der Waals surface area contributed by atoms with Crippen molar-refractivity contribution in [2.24, 2.45) is 17.8 Å². The molecule has 8 heteroatoms. The molecule has 4 saturated carbocycles. The van der Waals surface area contributed by atoms with Gasteiger partial charge in [-0.25, -0.2) is 9.69 Å². The molecule has 1 aliphatic heterocycles. The maximum atomic E-state index is 13.4. The maximum Gasteiger partial charge on any atom is 0.335 e. The minimum Gasteiger partial charge on any atom is -0.493 e. The van der Waals surface area contributed by atoms with Crippen LogP contribution < -0.4 is 19.7 Å². The number of benzene rings is 2. The van der Waals surface area contributed by atoms with Gasteiger partial charge in [0.25, 0.3) is 11.8 Å². The second-order valence-corrected chi connectivity index (χ2v) is 11.3. The van der Waals surface area contributed by atoms with Crippen molar-refractivity contribution in [2.75, 3.05) is 19.1 Å². The van der Waals surface area contributed by atoms with Crippen molar-refractivity contribution in [1.29, 1.82) is 0 Å². The summed E-state index contributed by atoms with van der Waals surface area (Å²) in [6.45, 7) is 0. The van der Waals surface area contributed by atoms with E-state index in [1.165, 1.54) is 64.4 Å². The standard InChI is InChI=1S/C29H29ClN2O5/c1-36-24-12-16(11-23(30)25(24)37-2)10-22-26(33)31-28(35)32(27(22)34)21-5-3-20(4-6-21)29-13-17-7-18(14-29)9-19(8-17)15-29/h3-6,10-12,17-19H,7-9,13-15H2,1-2H3,(H,31,33,35)/b22-10+. The summed E-state index contributed by atoms with van der Waals surface area (Å²) in [5.74, 6) is 1.72. The van der Waals surface area contributed by atoms with Crippen LogP contribution in [0.2, 0.25) is 5.02 Å². The van der Waals surface area contributed by atoms with E-state index in [1.807, 2.05) is 12.1 Å². The summed E-state index contributed by atoms with van der Waals surface area (Å²) in [6, 6.07) is 10.2. The molecule has 37 heavy (non-hydrogen) atoms. The Morgan fingerprint density at radius 2 is 1.57 bits per heavy atom. The fourth-order valence-corrected chi connectivity index (χ4v) is 7.80. The highest BCUT2D eigenvalue weighted by atomic mass is 35.5. The summed E-state index contributed by atoms with van der Waals surface area (Å²) >= 11 is 6.29. The molecule has 1 heterocycles. The van der Waals surface area contributed by atoms with Crippen LogP contribution in [0.25, 0.3) is 6.08 Å². The predicted molar refractivity (Wildman–Crippen MR) is 140 cm³/mol. The summed E-state index contributed by atoms with van der Waals surface area (Å²) < 4.78 is 10.6. The largest absolute Gasteiger partial charge is 0.493 e.